The van der Waals surface area contributed by atoms with Gasteiger partial charge in [0.1, 0.15) is 24.3 Å². The second-order valence-electron chi connectivity index (χ2n) is 8.45. The minimum Gasteiger partial charge on any atom is -0.490 e. The number of alkyl halides is 1. The fraction of sp³-hybridized carbons (Fsp3) is 0.391. The van der Waals surface area contributed by atoms with E-state index in [0.717, 1.165) is 6.07 Å². The summed E-state index contributed by atoms with van der Waals surface area (Å²) in [7, 11) is 0. The first-order valence-corrected chi connectivity index (χ1v) is 10.4. The average Bonchev–Trinajstić information content (AvgIpc) is 2.71. The van der Waals surface area contributed by atoms with Crippen molar-refractivity contribution in [1.29, 1.82) is 0 Å². The Balaban J connectivity index is 1.15. The highest BCUT2D eigenvalue weighted by Gasteiger charge is 2.34. The Bertz CT molecular complexity index is 1080. The number of carbonyl (C=O) groups is 2. The van der Waals surface area contributed by atoms with Gasteiger partial charge in [-0.15, -0.1) is 0 Å². The van der Waals surface area contributed by atoms with E-state index in [0.29, 0.717) is 30.1 Å². The van der Waals surface area contributed by atoms with Crippen molar-refractivity contribution in [1.82, 2.24) is 4.90 Å². The Morgan fingerprint density at radius 2 is 1.88 bits per heavy atom. The van der Waals surface area contributed by atoms with Gasteiger partial charge in [-0.1, -0.05) is 0 Å². The molecule has 32 heavy (non-hydrogen) atoms. The molecule has 0 radical (unpaired) electrons. The molecule has 0 saturated carbocycles. The summed E-state index contributed by atoms with van der Waals surface area (Å²) in [4.78, 5) is 27.5. The van der Waals surface area contributed by atoms with Crippen molar-refractivity contribution in [2.24, 2.45) is 5.92 Å². The van der Waals surface area contributed by atoms with Gasteiger partial charge in [0.05, 0.1) is 25.3 Å². The van der Waals surface area contributed by atoms with Crippen LogP contribution in [0.4, 0.5) is 18.9 Å². The monoisotopic (exact) mass is 446 g/mol. The Hall–Kier alpha value is -3.23. The number of carbonyl (C=O) groups excluding carboxylic acids is 2. The van der Waals surface area contributed by atoms with E-state index in [1.807, 2.05) is 0 Å². The summed E-state index contributed by atoms with van der Waals surface area (Å²) < 4.78 is 52.4. The number of hydrogen-bond donors (Lipinski definition) is 0. The van der Waals surface area contributed by atoms with Gasteiger partial charge in [0.2, 0.25) is 0 Å². The zero-order chi connectivity index (χ0) is 22.4. The number of rotatable bonds is 5. The first-order chi connectivity index (χ1) is 15.4. The number of ether oxygens (including phenoxy) is 2. The van der Waals surface area contributed by atoms with Crippen molar-refractivity contribution in [3.05, 3.63) is 53.1 Å². The lowest BCUT2D eigenvalue weighted by Gasteiger charge is -2.39. The highest BCUT2D eigenvalue weighted by molar-refractivity contribution is 5.96. The Morgan fingerprint density at radius 3 is 2.59 bits per heavy atom. The molecule has 0 N–H and O–H groups in total. The van der Waals surface area contributed by atoms with Crippen LogP contribution in [-0.4, -0.2) is 62.2 Å². The standard InChI is InChI=1S/C23H21F3N2O4/c24-15-9-27(10-15)16-1-2-21(20(26)5-16)31-11-13-7-28(8-13)23(30)18-4-14-3-17(29)12-32-22(14)6-19(18)25/h1-2,4-6,13,15H,3,7-12H2. The van der Waals surface area contributed by atoms with Gasteiger partial charge in [0, 0.05) is 48.8 Å². The summed E-state index contributed by atoms with van der Waals surface area (Å²) in [5, 5.41) is 0. The number of anilines is 1. The molecule has 2 aromatic carbocycles. The highest BCUT2D eigenvalue weighted by Crippen LogP contribution is 2.30. The van der Waals surface area contributed by atoms with Crippen molar-refractivity contribution in [2.75, 3.05) is 44.3 Å². The topological polar surface area (TPSA) is 59.1 Å². The van der Waals surface area contributed by atoms with Gasteiger partial charge in [0.25, 0.3) is 5.91 Å². The maximum Gasteiger partial charge on any atom is 0.256 e. The molecular formula is C23H21F3N2O4. The second-order valence-corrected chi connectivity index (χ2v) is 8.45. The molecule has 3 aliphatic heterocycles. The van der Waals surface area contributed by atoms with E-state index in [9.17, 15) is 22.8 Å². The summed E-state index contributed by atoms with van der Waals surface area (Å²) in [6.07, 6.45) is -0.758. The van der Waals surface area contributed by atoms with Gasteiger partial charge < -0.3 is 19.3 Å². The van der Waals surface area contributed by atoms with E-state index < -0.39 is 23.7 Å². The molecule has 168 valence electrons. The fourth-order valence-corrected chi connectivity index (χ4v) is 4.12. The SMILES string of the molecule is O=C1COc2cc(F)c(C(=O)N3CC(COc4ccc(N5CC(F)C5)cc4F)C3)cc2C1. The third-order valence-electron chi connectivity index (χ3n) is 5.99. The number of likely N-dealkylation sites (tertiary alicyclic amines) is 1. The van der Waals surface area contributed by atoms with Crippen molar-refractivity contribution < 1.29 is 32.2 Å². The minimum atomic E-state index is -0.871. The summed E-state index contributed by atoms with van der Waals surface area (Å²) in [5.74, 6) is -1.42. The van der Waals surface area contributed by atoms with Crippen LogP contribution in [0, 0.1) is 17.6 Å². The molecule has 0 atom stereocenters. The van der Waals surface area contributed by atoms with E-state index >= 15 is 0 Å². The van der Waals surface area contributed by atoms with Gasteiger partial charge in [0.15, 0.2) is 17.3 Å². The van der Waals surface area contributed by atoms with E-state index in [2.05, 4.69) is 0 Å². The lowest BCUT2D eigenvalue weighted by Crippen LogP contribution is -2.52. The number of benzene rings is 2. The van der Waals surface area contributed by atoms with E-state index in [-0.39, 0.29) is 55.7 Å². The summed E-state index contributed by atoms with van der Waals surface area (Å²) in [6.45, 7) is 1.37. The molecule has 0 aromatic heterocycles. The largest absolute Gasteiger partial charge is 0.490 e. The third kappa shape index (κ3) is 3.87. The predicted octanol–water partition coefficient (Wildman–Crippen LogP) is 2.78. The molecule has 0 unspecified atom stereocenters. The zero-order valence-corrected chi connectivity index (χ0v) is 17.2. The van der Waals surface area contributed by atoms with Crippen molar-refractivity contribution in [3.63, 3.8) is 0 Å². The van der Waals surface area contributed by atoms with Gasteiger partial charge in [-0.05, 0) is 18.2 Å². The van der Waals surface area contributed by atoms with Crippen LogP contribution in [0.1, 0.15) is 15.9 Å². The predicted molar refractivity (Wildman–Crippen MR) is 109 cm³/mol. The van der Waals surface area contributed by atoms with Crippen molar-refractivity contribution >= 4 is 17.4 Å². The lowest BCUT2D eigenvalue weighted by atomic mass is 9.97. The minimum absolute atomic E-state index is 0.00805. The number of fused-ring (bicyclic) bond motifs is 1. The molecule has 2 aromatic rings. The van der Waals surface area contributed by atoms with Gasteiger partial charge >= 0.3 is 0 Å². The Labute approximate surface area is 182 Å². The first kappa shape index (κ1) is 20.7. The van der Waals surface area contributed by atoms with Crippen molar-refractivity contribution in [2.45, 2.75) is 12.6 Å². The maximum atomic E-state index is 14.4. The molecule has 3 aliphatic rings. The van der Waals surface area contributed by atoms with Crippen LogP contribution in [-0.2, 0) is 11.2 Å². The number of Topliss-reactive ketones (excluding diaryl/α,β-unsaturated/α-hetero) is 1. The summed E-state index contributed by atoms with van der Waals surface area (Å²) >= 11 is 0. The molecule has 0 spiro atoms. The maximum absolute atomic E-state index is 14.4. The van der Waals surface area contributed by atoms with Gasteiger partial charge in [-0.3, -0.25) is 9.59 Å². The number of nitrogens with zero attached hydrogens (tertiary/aromatic N) is 2. The first-order valence-electron chi connectivity index (χ1n) is 10.4. The second kappa shape index (κ2) is 8.03. The van der Waals surface area contributed by atoms with E-state index in [1.165, 1.54) is 23.1 Å². The Morgan fingerprint density at radius 1 is 1.09 bits per heavy atom. The molecule has 0 bridgehead atoms. The van der Waals surface area contributed by atoms with Crippen molar-refractivity contribution in [3.8, 4) is 11.5 Å². The van der Waals surface area contributed by atoms with E-state index in [1.54, 1.807) is 11.0 Å². The zero-order valence-electron chi connectivity index (χ0n) is 17.2. The molecule has 2 saturated heterocycles. The van der Waals surface area contributed by atoms with Crippen LogP contribution >= 0.6 is 0 Å². The molecule has 2 fully saturated rings. The number of hydrogen-bond acceptors (Lipinski definition) is 5. The Kier molecular flexibility index (Phi) is 5.19. The lowest BCUT2D eigenvalue weighted by molar-refractivity contribution is -0.121. The molecule has 1 amide bonds. The number of ketones is 1. The summed E-state index contributed by atoms with van der Waals surface area (Å²) in [6, 6.07) is 7.06. The molecule has 0 aliphatic carbocycles. The molecule has 9 heteroatoms. The molecule has 6 nitrogen and oxygen atoms in total. The third-order valence-corrected chi connectivity index (χ3v) is 5.99. The smallest absolute Gasteiger partial charge is 0.256 e. The molecule has 5 rings (SSSR count). The quantitative estimate of drug-likeness (QED) is 0.707. The van der Waals surface area contributed by atoms with Crippen LogP contribution < -0.4 is 14.4 Å². The van der Waals surface area contributed by atoms with E-state index in [4.69, 9.17) is 9.47 Å². The van der Waals surface area contributed by atoms with Gasteiger partial charge in [-0.25, -0.2) is 13.2 Å². The average molecular weight is 446 g/mol. The number of amides is 1. The summed E-state index contributed by atoms with van der Waals surface area (Å²) in [5.41, 5.74) is 1.03. The van der Waals surface area contributed by atoms with Crippen LogP contribution in [0.3, 0.4) is 0 Å². The van der Waals surface area contributed by atoms with Crippen LogP contribution in [0.5, 0.6) is 11.5 Å². The van der Waals surface area contributed by atoms with Crippen LogP contribution in [0.2, 0.25) is 0 Å². The molecule has 3 heterocycles. The number of halogens is 3. The highest BCUT2D eigenvalue weighted by atomic mass is 19.1. The fourth-order valence-electron chi connectivity index (χ4n) is 4.12. The normalized spacial score (nSPS) is 18.5. The van der Waals surface area contributed by atoms with Crippen LogP contribution in [0.25, 0.3) is 0 Å². The van der Waals surface area contributed by atoms with Crippen LogP contribution in [0.15, 0.2) is 30.3 Å². The van der Waals surface area contributed by atoms with Gasteiger partial charge in [-0.2, -0.15) is 0 Å². The molecular weight excluding hydrogens is 425 g/mol.